The van der Waals surface area contributed by atoms with Crippen molar-refractivity contribution in [3.05, 3.63) is 35.9 Å². The lowest BCUT2D eigenvalue weighted by Gasteiger charge is -2.21. The van der Waals surface area contributed by atoms with Gasteiger partial charge in [-0.05, 0) is 39.2 Å². The van der Waals surface area contributed by atoms with Crippen LogP contribution < -0.4 is 0 Å². The van der Waals surface area contributed by atoms with Crippen LogP contribution in [-0.4, -0.2) is 22.6 Å². The third-order valence-corrected chi connectivity index (χ3v) is 2.81. The monoisotopic (exact) mass is 278 g/mol. The van der Waals surface area contributed by atoms with E-state index < -0.39 is 23.5 Å². The van der Waals surface area contributed by atoms with Crippen LogP contribution in [0.4, 0.5) is 0 Å². The second kappa shape index (κ2) is 7.08. The van der Waals surface area contributed by atoms with E-state index in [1.807, 2.05) is 30.3 Å². The molecule has 0 amide bonds. The fourth-order valence-electron chi connectivity index (χ4n) is 1.88. The van der Waals surface area contributed by atoms with Crippen molar-refractivity contribution in [3.63, 3.8) is 0 Å². The van der Waals surface area contributed by atoms with Crippen molar-refractivity contribution in [2.24, 2.45) is 5.92 Å². The zero-order valence-electron chi connectivity index (χ0n) is 12.3. The first kappa shape index (κ1) is 16.2. The number of carbonyl (C=O) groups is 2. The topological polar surface area (TPSA) is 63.6 Å². The van der Waals surface area contributed by atoms with E-state index in [4.69, 9.17) is 4.74 Å². The van der Waals surface area contributed by atoms with Crippen LogP contribution in [-0.2, 0) is 20.7 Å². The number of ether oxygens (including phenoxy) is 1. The summed E-state index contributed by atoms with van der Waals surface area (Å²) in [5.74, 6) is -2.12. The van der Waals surface area contributed by atoms with Crippen molar-refractivity contribution in [3.8, 4) is 0 Å². The van der Waals surface area contributed by atoms with Gasteiger partial charge in [0.25, 0.3) is 0 Å². The van der Waals surface area contributed by atoms with Crippen molar-refractivity contribution in [2.45, 2.75) is 45.6 Å². The Morgan fingerprint density at radius 3 is 2.30 bits per heavy atom. The van der Waals surface area contributed by atoms with Crippen molar-refractivity contribution in [1.82, 2.24) is 0 Å². The average molecular weight is 278 g/mol. The molecule has 0 saturated heterocycles. The van der Waals surface area contributed by atoms with Crippen LogP contribution >= 0.6 is 0 Å². The van der Waals surface area contributed by atoms with Crippen molar-refractivity contribution < 1.29 is 19.4 Å². The van der Waals surface area contributed by atoms with Gasteiger partial charge in [-0.3, -0.25) is 9.59 Å². The average Bonchev–Trinajstić information content (AvgIpc) is 2.33. The Kier molecular flexibility index (Phi) is 5.74. The summed E-state index contributed by atoms with van der Waals surface area (Å²) in [5, 5.41) is 9.19. The molecule has 0 unspecified atom stereocenters. The maximum atomic E-state index is 11.7. The van der Waals surface area contributed by atoms with Crippen LogP contribution in [0.15, 0.2) is 30.3 Å². The molecule has 0 aliphatic carbocycles. The molecule has 1 aromatic carbocycles. The van der Waals surface area contributed by atoms with Crippen LogP contribution in [0.3, 0.4) is 0 Å². The van der Waals surface area contributed by atoms with Gasteiger partial charge in [0.2, 0.25) is 0 Å². The van der Waals surface area contributed by atoms with E-state index in [1.54, 1.807) is 20.8 Å². The van der Waals surface area contributed by atoms with Gasteiger partial charge < -0.3 is 9.84 Å². The van der Waals surface area contributed by atoms with E-state index in [1.165, 1.54) is 0 Å². The van der Waals surface area contributed by atoms with E-state index in [0.717, 1.165) is 5.56 Å². The Hall–Kier alpha value is -1.84. The summed E-state index contributed by atoms with van der Waals surface area (Å²) in [4.78, 5) is 22.9. The molecular weight excluding hydrogens is 256 g/mol. The Balaban J connectivity index is 2.53. The number of hydrogen-bond acceptors (Lipinski definition) is 3. The van der Waals surface area contributed by atoms with Gasteiger partial charge in [0, 0.05) is 0 Å². The predicted molar refractivity (Wildman–Crippen MR) is 76.4 cm³/mol. The Morgan fingerprint density at radius 1 is 1.20 bits per heavy atom. The summed E-state index contributed by atoms with van der Waals surface area (Å²) in [5.41, 5.74) is 0.488. The molecule has 20 heavy (non-hydrogen) atoms. The largest absolute Gasteiger partial charge is 0.481 e. The molecule has 0 saturated carbocycles. The lowest BCUT2D eigenvalue weighted by molar-refractivity contribution is -0.159. The number of esters is 1. The van der Waals surface area contributed by atoms with E-state index in [-0.39, 0.29) is 6.42 Å². The summed E-state index contributed by atoms with van der Waals surface area (Å²) in [6.07, 6.45) is 0.985. The van der Waals surface area contributed by atoms with E-state index >= 15 is 0 Å². The standard InChI is InChI=1S/C16H22O4/c1-16(2,3)20-14(17)11-13(15(18)19)10-9-12-7-5-4-6-8-12/h4-8,13H,9-11H2,1-3H3,(H,18,19)/t13-/m0/s1. The number of aliphatic carboxylic acids is 1. The highest BCUT2D eigenvalue weighted by molar-refractivity contribution is 5.78. The molecule has 1 rings (SSSR count). The van der Waals surface area contributed by atoms with Gasteiger partial charge in [-0.1, -0.05) is 30.3 Å². The first-order chi connectivity index (χ1) is 9.28. The maximum absolute atomic E-state index is 11.7. The molecular formula is C16H22O4. The highest BCUT2D eigenvalue weighted by Gasteiger charge is 2.24. The molecule has 110 valence electrons. The minimum absolute atomic E-state index is 0.0839. The first-order valence-corrected chi connectivity index (χ1v) is 6.76. The number of hydrogen-bond donors (Lipinski definition) is 1. The van der Waals surface area contributed by atoms with Gasteiger partial charge in [0.1, 0.15) is 5.60 Å². The number of carboxylic acid groups (broad SMARTS) is 1. The first-order valence-electron chi connectivity index (χ1n) is 6.76. The maximum Gasteiger partial charge on any atom is 0.307 e. The second-order valence-corrected chi connectivity index (χ2v) is 5.85. The number of rotatable bonds is 6. The van der Waals surface area contributed by atoms with Crippen LogP contribution in [0, 0.1) is 5.92 Å². The van der Waals surface area contributed by atoms with Gasteiger partial charge in [-0.15, -0.1) is 0 Å². The molecule has 1 aromatic rings. The zero-order valence-corrected chi connectivity index (χ0v) is 12.3. The fourth-order valence-corrected chi connectivity index (χ4v) is 1.88. The van der Waals surface area contributed by atoms with Crippen molar-refractivity contribution in [2.75, 3.05) is 0 Å². The second-order valence-electron chi connectivity index (χ2n) is 5.85. The van der Waals surface area contributed by atoms with Gasteiger partial charge in [0.05, 0.1) is 12.3 Å². The van der Waals surface area contributed by atoms with Crippen molar-refractivity contribution >= 4 is 11.9 Å². The molecule has 0 bridgehead atoms. The molecule has 1 N–H and O–H groups in total. The summed E-state index contributed by atoms with van der Waals surface area (Å²) in [6, 6.07) is 9.65. The van der Waals surface area contributed by atoms with Crippen LogP contribution in [0.25, 0.3) is 0 Å². The molecule has 0 radical (unpaired) electrons. The lowest BCUT2D eigenvalue weighted by Crippen LogP contribution is -2.27. The summed E-state index contributed by atoms with van der Waals surface area (Å²) in [7, 11) is 0. The van der Waals surface area contributed by atoms with E-state index in [2.05, 4.69) is 0 Å². The lowest BCUT2D eigenvalue weighted by atomic mass is 9.96. The van der Waals surface area contributed by atoms with Gasteiger partial charge in [0.15, 0.2) is 0 Å². The highest BCUT2D eigenvalue weighted by atomic mass is 16.6. The third kappa shape index (κ3) is 6.36. The Bertz CT molecular complexity index is 445. The third-order valence-electron chi connectivity index (χ3n) is 2.81. The van der Waals surface area contributed by atoms with Crippen molar-refractivity contribution in [1.29, 1.82) is 0 Å². The fraction of sp³-hybridized carbons (Fsp3) is 0.500. The molecule has 1 atom stereocenters. The smallest absolute Gasteiger partial charge is 0.307 e. The SMILES string of the molecule is CC(C)(C)OC(=O)C[C@H](CCc1ccccc1)C(=O)O. The predicted octanol–water partition coefficient (Wildman–Crippen LogP) is 3.05. The number of benzene rings is 1. The minimum Gasteiger partial charge on any atom is -0.481 e. The summed E-state index contributed by atoms with van der Waals surface area (Å²) in [6.45, 7) is 5.31. The Labute approximate surface area is 119 Å². The molecule has 4 heteroatoms. The molecule has 0 fully saturated rings. The van der Waals surface area contributed by atoms with Crippen LogP contribution in [0.1, 0.15) is 39.2 Å². The van der Waals surface area contributed by atoms with Crippen LogP contribution in [0.2, 0.25) is 0 Å². The van der Waals surface area contributed by atoms with E-state index in [0.29, 0.717) is 12.8 Å². The normalized spacial score (nSPS) is 12.8. The molecule has 0 spiro atoms. The quantitative estimate of drug-likeness (QED) is 0.812. The van der Waals surface area contributed by atoms with E-state index in [9.17, 15) is 14.7 Å². The summed E-state index contributed by atoms with van der Waals surface area (Å²) >= 11 is 0. The van der Waals surface area contributed by atoms with Gasteiger partial charge in [-0.2, -0.15) is 0 Å². The molecule has 0 aromatic heterocycles. The van der Waals surface area contributed by atoms with Gasteiger partial charge in [-0.25, -0.2) is 0 Å². The molecule has 0 aliphatic heterocycles. The van der Waals surface area contributed by atoms with Gasteiger partial charge >= 0.3 is 11.9 Å². The molecule has 4 nitrogen and oxygen atoms in total. The number of carbonyl (C=O) groups excluding carboxylic acids is 1. The highest BCUT2D eigenvalue weighted by Crippen LogP contribution is 2.17. The minimum atomic E-state index is -0.952. The van der Waals surface area contributed by atoms with Crippen LogP contribution in [0.5, 0.6) is 0 Å². The molecule has 0 aliphatic rings. The number of aryl methyl sites for hydroxylation is 1. The zero-order chi connectivity index (χ0) is 15.2. The summed E-state index contributed by atoms with van der Waals surface area (Å²) < 4.78 is 5.17. The molecule has 0 heterocycles. The number of carboxylic acids is 1. The Morgan fingerprint density at radius 2 is 1.80 bits per heavy atom.